The number of furan rings is 1. The van der Waals surface area contributed by atoms with Crippen LogP contribution in [0.15, 0.2) is 34.7 Å². The van der Waals surface area contributed by atoms with Gasteiger partial charge in [-0.05, 0) is 44.5 Å². The molecule has 128 valence electrons. The lowest BCUT2D eigenvalue weighted by Crippen LogP contribution is -2.31. The molecular formula is C17H20N2O5. The van der Waals surface area contributed by atoms with Crippen molar-refractivity contribution in [3.05, 3.63) is 57.5 Å². The minimum absolute atomic E-state index is 0.0457. The average molecular weight is 332 g/mol. The van der Waals surface area contributed by atoms with Crippen molar-refractivity contribution < 1.29 is 18.9 Å². The lowest BCUT2D eigenvalue weighted by molar-refractivity contribution is -0.385. The molecule has 0 saturated carbocycles. The van der Waals surface area contributed by atoms with Crippen molar-refractivity contribution >= 4 is 11.6 Å². The Labute approximate surface area is 139 Å². The quantitative estimate of drug-likeness (QED) is 0.617. The molecule has 1 unspecified atom stereocenters. The van der Waals surface area contributed by atoms with Gasteiger partial charge in [0.15, 0.2) is 5.76 Å². The summed E-state index contributed by atoms with van der Waals surface area (Å²) in [5, 5.41) is 13.6. The zero-order chi connectivity index (χ0) is 17.7. The second-order valence-electron chi connectivity index (χ2n) is 5.54. The van der Waals surface area contributed by atoms with Gasteiger partial charge in [-0.1, -0.05) is 6.92 Å². The maximum Gasteiger partial charge on any atom is 0.287 e. The lowest BCUT2D eigenvalue weighted by Gasteiger charge is -2.09. The minimum Gasteiger partial charge on any atom is -0.486 e. The predicted molar refractivity (Wildman–Crippen MR) is 88.1 cm³/mol. The van der Waals surface area contributed by atoms with Crippen LogP contribution in [-0.2, 0) is 6.61 Å². The number of aryl methyl sites for hydroxylation is 1. The molecule has 0 aliphatic carbocycles. The number of nitrogens with one attached hydrogen (secondary N) is 1. The standard InChI is InChI=1S/C17H20N2O5/c1-4-12(3)18-17(20)16-8-6-14(24-16)10-23-13-5-7-15(19(21)22)11(2)9-13/h5-9,12H,4,10H2,1-3H3,(H,18,20). The van der Waals surface area contributed by atoms with Gasteiger partial charge in [-0.2, -0.15) is 0 Å². The first-order chi connectivity index (χ1) is 11.4. The first kappa shape index (κ1) is 17.5. The summed E-state index contributed by atoms with van der Waals surface area (Å²) in [6.45, 7) is 5.68. The van der Waals surface area contributed by atoms with E-state index in [1.165, 1.54) is 12.1 Å². The number of hydrogen-bond donors (Lipinski definition) is 1. The smallest absolute Gasteiger partial charge is 0.287 e. The van der Waals surface area contributed by atoms with E-state index >= 15 is 0 Å². The summed E-state index contributed by atoms with van der Waals surface area (Å²) < 4.78 is 11.0. The van der Waals surface area contributed by atoms with Crippen LogP contribution in [0.1, 0.15) is 42.1 Å². The first-order valence-corrected chi connectivity index (χ1v) is 7.68. The third-order valence-electron chi connectivity index (χ3n) is 3.62. The number of rotatable bonds is 7. The van der Waals surface area contributed by atoms with Crippen molar-refractivity contribution in [2.75, 3.05) is 0 Å². The molecular weight excluding hydrogens is 312 g/mol. The Hall–Kier alpha value is -2.83. The summed E-state index contributed by atoms with van der Waals surface area (Å²) in [6.07, 6.45) is 0.835. The number of carbonyl (C=O) groups is 1. The maximum absolute atomic E-state index is 11.9. The van der Waals surface area contributed by atoms with Crippen LogP contribution < -0.4 is 10.1 Å². The van der Waals surface area contributed by atoms with Crippen LogP contribution in [0.25, 0.3) is 0 Å². The van der Waals surface area contributed by atoms with E-state index in [0.717, 1.165) is 6.42 Å². The molecule has 1 heterocycles. The zero-order valence-electron chi connectivity index (χ0n) is 13.9. The SMILES string of the molecule is CCC(C)NC(=O)c1ccc(COc2ccc([N+](=O)[O-])c(C)c2)o1. The molecule has 2 aromatic rings. The van der Waals surface area contributed by atoms with Crippen LogP contribution in [-0.4, -0.2) is 16.9 Å². The molecule has 0 aliphatic heterocycles. The second kappa shape index (κ2) is 7.63. The molecule has 7 nitrogen and oxygen atoms in total. The molecule has 1 aromatic heterocycles. The molecule has 0 saturated heterocycles. The number of carbonyl (C=O) groups excluding carboxylic acids is 1. The fourth-order valence-electron chi connectivity index (χ4n) is 2.05. The van der Waals surface area contributed by atoms with Crippen LogP contribution in [0, 0.1) is 17.0 Å². The number of benzene rings is 1. The Morgan fingerprint density at radius 3 is 2.75 bits per heavy atom. The van der Waals surface area contributed by atoms with Gasteiger partial charge in [0.2, 0.25) is 0 Å². The number of nitrogens with zero attached hydrogens (tertiary/aromatic N) is 1. The Morgan fingerprint density at radius 1 is 1.38 bits per heavy atom. The highest BCUT2D eigenvalue weighted by Gasteiger charge is 2.14. The van der Waals surface area contributed by atoms with E-state index in [9.17, 15) is 14.9 Å². The van der Waals surface area contributed by atoms with Crippen molar-refractivity contribution in [1.29, 1.82) is 0 Å². The van der Waals surface area contributed by atoms with Crippen molar-refractivity contribution in [3.63, 3.8) is 0 Å². The van der Waals surface area contributed by atoms with E-state index in [0.29, 0.717) is 17.1 Å². The molecule has 1 atom stereocenters. The van der Waals surface area contributed by atoms with Crippen LogP contribution in [0.4, 0.5) is 5.69 Å². The summed E-state index contributed by atoms with van der Waals surface area (Å²) in [6, 6.07) is 7.87. The molecule has 24 heavy (non-hydrogen) atoms. The molecule has 7 heteroatoms. The number of nitro groups is 1. The minimum atomic E-state index is -0.437. The molecule has 0 bridgehead atoms. The summed E-state index contributed by atoms with van der Waals surface area (Å²) >= 11 is 0. The number of hydrogen-bond acceptors (Lipinski definition) is 5. The van der Waals surface area contributed by atoms with E-state index in [4.69, 9.17) is 9.15 Å². The van der Waals surface area contributed by atoms with Crippen LogP contribution in [0.3, 0.4) is 0 Å². The molecule has 1 aromatic carbocycles. The summed E-state index contributed by atoms with van der Waals surface area (Å²) in [7, 11) is 0. The molecule has 0 radical (unpaired) electrons. The Morgan fingerprint density at radius 2 is 2.12 bits per heavy atom. The lowest BCUT2D eigenvalue weighted by atomic mass is 10.2. The number of nitro benzene ring substituents is 1. The van der Waals surface area contributed by atoms with Gasteiger partial charge >= 0.3 is 0 Å². The summed E-state index contributed by atoms with van der Waals surface area (Å²) in [5.41, 5.74) is 0.565. The van der Waals surface area contributed by atoms with Gasteiger partial charge in [0.25, 0.3) is 11.6 Å². The van der Waals surface area contributed by atoms with Gasteiger partial charge in [-0.15, -0.1) is 0 Å². The fourth-order valence-corrected chi connectivity index (χ4v) is 2.05. The van der Waals surface area contributed by atoms with Gasteiger partial charge in [-0.3, -0.25) is 14.9 Å². The monoisotopic (exact) mass is 332 g/mol. The molecule has 0 aliphatic rings. The number of amides is 1. The second-order valence-corrected chi connectivity index (χ2v) is 5.54. The van der Waals surface area contributed by atoms with Crippen molar-refractivity contribution in [2.24, 2.45) is 0 Å². The highest BCUT2D eigenvalue weighted by molar-refractivity contribution is 5.91. The van der Waals surface area contributed by atoms with Crippen LogP contribution >= 0.6 is 0 Å². The van der Waals surface area contributed by atoms with Crippen LogP contribution in [0.2, 0.25) is 0 Å². The summed E-state index contributed by atoms with van der Waals surface area (Å²) in [5.74, 6) is 0.968. The van der Waals surface area contributed by atoms with Gasteiger partial charge in [-0.25, -0.2) is 0 Å². The van der Waals surface area contributed by atoms with E-state index in [2.05, 4.69) is 5.32 Å². The van der Waals surface area contributed by atoms with Gasteiger partial charge < -0.3 is 14.5 Å². The number of ether oxygens (including phenoxy) is 1. The van der Waals surface area contributed by atoms with E-state index < -0.39 is 4.92 Å². The fraction of sp³-hybridized carbons (Fsp3) is 0.353. The van der Waals surface area contributed by atoms with E-state index in [-0.39, 0.29) is 30.0 Å². The third kappa shape index (κ3) is 4.34. The normalized spacial score (nSPS) is 11.8. The van der Waals surface area contributed by atoms with E-state index in [1.807, 2.05) is 13.8 Å². The van der Waals surface area contributed by atoms with Gasteiger partial charge in [0, 0.05) is 17.7 Å². The molecule has 1 N–H and O–H groups in total. The highest BCUT2D eigenvalue weighted by atomic mass is 16.6. The molecule has 0 fully saturated rings. The van der Waals surface area contributed by atoms with Crippen LogP contribution in [0.5, 0.6) is 5.75 Å². The van der Waals surface area contributed by atoms with E-state index in [1.54, 1.807) is 25.1 Å². The maximum atomic E-state index is 11.9. The third-order valence-corrected chi connectivity index (χ3v) is 3.62. The topological polar surface area (TPSA) is 94.6 Å². The zero-order valence-corrected chi connectivity index (χ0v) is 13.9. The highest BCUT2D eigenvalue weighted by Crippen LogP contribution is 2.24. The molecule has 0 spiro atoms. The summed E-state index contributed by atoms with van der Waals surface area (Å²) in [4.78, 5) is 22.3. The van der Waals surface area contributed by atoms with Gasteiger partial charge in [0.1, 0.15) is 18.1 Å². The Balaban J connectivity index is 1.97. The van der Waals surface area contributed by atoms with Crippen molar-refractivity contribution in [1.82, 2.24) is 5.32 Å². The Bertz CT molecular complexity index is 738. The van der Waals surface area contributed by atoms with Crippen molar-refractivity contribution in [3.8, 4) is 5.75 Å². The molecule has 1 amide bonds. The molecule has 2 rings (SSSR count). The predicted octanol–water partition coefficient (Wildman–Crippen LogP) is 3.60. The van der Waals surface area contributed by atoms with Gasteiger partial charge in [0.05, 0.1) is 4.92 Å². The Kier molecular flexibility index (Phi) is 5.57. The largest absolute Gasteiger partial charge is 0.486 e. The van der Waals surface area contributed by atoms with Crippen molar-refractivity contribution in [2.45, 2.75) is 39.8 Å². The average Bonchev–Trinajstić information content (AvgIpc) is 3.01. The first-order valence-electron chi connectivity index (χ1n) is 7.68.